The summed E-state index contributed by atoms with van der Waals surface area (Å²) in [6.45, 7) is 9.65. The molecule has 0 heterocycles. The average molecular weight is 202 g/mol. The molecule has 0 atom stereocenters. The SMILES string of the molecule is COC(C)(C)CCOC(C)(C)C(C)=O. The number of methoxy groups -OCH3 is 1. The predicted octanol–water partition coefficient (Wildman–Crippen LogP) is 2.19. The van der Waals surface area contributed by atoms with Gasteiger partial charge in [0.25, 0.3) is 0 Å². The maximum absolute atomic E-state index is 11.1. The lowest BCUT2D eigenvalue weighted by molar-refractivity contribution is -0.140. The van der Waals surface area contributed by atoms with Crippen LogP contribution in [0.5, 0.6) is 0 Å². The lowest BCUT2D eigenvalue weighted by atomic mass is 10.0. The van der Waals surface area contributed by atoms with E-state index in [4.69, 9.17) is 9.47 Å². The molecule has 3 nitrogen and oxygen atoms in total. The van der Waals surface area contributed by atoms with Crippen molar-refractivity contribution in [3.05, 3.63) is 0 Å². The number of Topliss-reactive ketones (excluding diaryl/α,β-unsaturated/α-hetero) is 1. The van der Waals surface area contributed by atoms with Gasteiger partial charge in [0.05, 0.1) is 12.2 Å². The standard InChI is InChI=1S/C11H22O3/c1-9(12)11(4,5)14-8-7-10(2,3)13-6/h7-8H2,1-6H3. The van der Waals surface area contributed by atoms with Gasteiger partial charge in [0.2, 0.25) is 0 Å². The maximum Gasteiger partial charge on any atom is 0.160 e. The van der Waals surface area contributed by atoms with E-state index in [1.54, 1.807) is 27.9 Å². The van der Waals surface area contributed by atoms with Crippen molar-refractivity contribution in [3.63, 3.8) is 0 Å². The summed E-state index contributed by atoms with van der Waals surface area (Å²) in [6, 6.07) is 0. The minimum Gasteiger partial charge on any atom is -0.379 e. The first kappa shape index (κ1) is 13.6. The quantitative estimate of drug-likeness (QED) is 0.662. The second-order valence-corrected chi connectivity index (χ2v) is 4.63. The average Bonchev–Trinajstić information content (AvgIpc) is 2.03. The van der Waals surface area contributed by atoms with Crippen LogP contribution in [0.4, 0.5) is 0 Å². The fourth-order valence-corrected chi connectivity index (χ4v) is 0.756. The Kier molecular flexibility index (Phi) is 4.75. The molecule has 0 saturated carbocycles. The van der Waals surface area contributed by atoms with Gasteiger partial charge in [0.1, 0.15) is 5.60 Å². The molecule has 0 spiro atoms. The highest BCUT2D eigenvalue weighted by molar-refractivity contribution is 5.83. The van der Waals surface area contributed by atoms with Gasteiger partial charge >= 0.3 is 0 Å². The molecule has 14 heavy (non-hydrogen) atoms. The summed E-state index contributed by atoms with van der Waals surface area (Å²) >= 11 is 0. The zero-order chi connectivity index (χ0) is 11.4. The summed E-state index contributed by atoms with van der Waals surface area (Å²) in [7, 11) is 1.68. The van der Waals surface area contributed by atoms with E-state index in [1.165, 1.54) is 0 Å². The van der Waals surface area contributed by atoms with Crippen molar-refractivity contribution in [1.82, 2.24) is 0 Å². The van der Waals surface area contributed by atoms with Crippen molar-refractivity contribution in [1.29, 1.82) is 0 Å². The molecule has 0 aliphatic rings. The van der Waals surface area contributed by atoms with Crippen molar-refractivity contribution < 1.29 is 14.3 Å². The van der Waals surface area contributed by atoms with E-state index in [2.05, 4.69) is 0 Å². The second kappa shape index (κ2) is 4.89. The van der Waals surface area contributed by atoms with Gasteiger partial charge < -0.3 is 9.47 Å². The normalized spacial score (nSPS) is 13.0. The van der Waals surface area contributed by atoms with Crippen LogP contribution in [0.2, 0.25) is 0 Å². The van der Waals surface area contributed by atoms with Gasteiger partial charge in [-0.2, -0.15) is 0 Å². The highest BCUT2D eigenvalue weighted by Crippen LogP contribution is 2.16. The number of hydrogen-bond donors (Lipinski definition) is 0. The Balaban J connectivity index is 3.91. The van der Waals surface area contributed by atoms with Gasteiger partial charge in [-0.3, -0.25) is 4.79 Å². The number of ether oxygens (including phenoxy) is 2. The molecule has 3 heteroatoms. The first-order valence-corrected chi connectivity index (χ1v) is 4.91. The largest absolute Gasteiger partial charge is 0.379 e. The summed E-state index contributed by atoms with van der Waals surface area (Å²) in [5.41, 5.74) is -0.864. The Morgan fingerprint density at radius 2 is 1.71 bits per heavy atom. The van der Waals surface area contributed by atoms with Gasteiger partial charge in [-0.15, -0.1) is 0 Å². The van der Waals surface area contributed by atoms with E-state index in [-0.39, 0.29) is 11.4 Å². The monoisotopic (exact) mass is 202 g/mol. The molecule has 0 amide bonds. The molecule has 0 aromatic rings. The van der Waals surface area contributed by atoms with Crippen molar-refractivity contribution in [2.75, 3.05) is 13.7 Å². The third-order valence-electron chi connectivity index (χ3n) is 2.57. The van der Waals surface area contributed by atoms with E-state index < -0.39 is 5.60 Å². The first-order chi connectivity index (χ1) is 6.21. The van der Waals surface area contributed by atoms with Crippen LogP contribution in [-0.4, -0.2) is 30.7 Å². The van der Waals surface area contributed by atoms with E-state index in [0.29, 0.717) is 6.61 Å². The molecule has 84 valence electrons. The molecule has 0 aromatic carbocycles. The molecule has 0 radical (unpaired) electrons. The highest BCUT2D eigenvalue weighted by Gasteiger charge is 2.25. The van der Waals surface area contributed by atoms with Gasteiger partial charge in [-0.25, -0.2) is 0 Å². The van der Waals surface area contributed by atoms with Gasteiger partial charge in [-0.05, 0) is 41.0 Å². The number of rotatable bonds is 6. The molecular formula is C11H22O3. The fourth-order valence-electron chi connectivity index (χ4n) is 0.756. The van der Waals surface area contributed by atoms with Gasteiger partial charge in [0.15, 0.2) is 5.78 Å². The molecule has 0 bridgehead atoms. The number of carbonyl (C=O) groups excluding carboxylic acids is 1. The third kappa shape index (κ3) is 4.72. The van der Waals surface area contributed by atoms with Crippen LogP contribution in [0.15, 0.2) is 0 Å². The zero-order valence-electron chi connectivity index (χ0n) is 10.1. The molecular weight excluding hydrogens is 180 g/mol. The van der Waals surface area contributed by atoms with E-state index in [1.807, 2.05) is 13.8 Å². The molecule has 0 aromatic heterocycles. The van der Waals surface area contributed by atoms with Crippen LogP contribution in [-0.2, 0) is 14.3 Å². The maximum atomic E-state index is 11.1. The lowest BCUT2D eigenvalue weighted by Crippen LogP contribution is -2.35. The Hall–Kier alpha value is -0.410. The topological polar surface area (TPSA) is 35.5 Å². The molecule has 0 aliphatic carbocycles. The minimum atomic E-state index is -0.677. The van der Waals surface area contributed by atoms with E-state index in [9.17, 15) is 4.79 Å². The zero-order valence-corrected chi connectivity index (χ0v) is 10.1. The molecule has 0 aliphatic heterocycles. The molecule has 0 fully saturated rings. The summed E-state index contributed by atoms with van der Waals surface area (Å²) in [5.74, 6) is 0.0488. The summed E-state index contributed by atoms with van der Waals surface area (Å²) in [5, 5.41) is 0. The summed E-state index contributed by atoms with van der Waals surface area (Å²) in [6.07, 6.45) is 0.778. The third-order valence-corrected chi connectivity index (χ3v) is 2.57. The number of carbonyl (C=O) groups is 1. The van der Waals surface area contributed by atoms with Gasteiger partial charge in [-0.1, -0.05) is 0 Å². The number of hydrogen-bond acceptors (Lipinski definition) is 3. The molecule has 0 N–H and O–H groups in total. The number of ketones is 1. The smallest absolute Gasteiger partial charge is 0.160 e. The second-order valence-electron chi connectivity index (χ2n) is 4.63. The Morgan fingerprint density at radius 1 is 1.21 bits per heavy atom. The van der Waals surface area contributed by atoms with Crippen LogP contribution >= 0.6 is 0 Å². The van der Waals surface area contributed by atoms with Gasteiger partial charge in [0, 0.05) is 7.11 Å². The minimum absolute atomic E-state index is 0.0488. The Morgan fingerprint density at radius 3 is 2.07 bits per heavy atom. The Labute approximate surface area is 86.8 Å². The molecule has 0 rings (SSSR count). The van der Waals surface area contributed by atoms with Crippen LogP contribution < -0.4 is 0 Å². The van der Waals surface area contributed by atoms with E-state index >= 15 is 0 Å². The van der Waals surface area contributed by atoms with Crippen molar-refractivity contribution in [3.8, 4) is 0 Å². The fraction of sp³-hybridized carbons (Fsp3) is 0.909. The van der Waals surface area contributed by atoms with Crippen LogP contribution in [0.3, 0.4) is 0 Å². The molecule has 0 saturated heterocycles. The van der Waals surface area contributed by atoms with Crippen LogP contribution in [0, 0.1) is 0 Å². The van der Waals surface area contributed by atoms with Crippen molar-refractivity contribution >= 4 is 5.78 Å². The lowest BCUT2D eigenvalue weighted by Gasteiger charge is -2.27. The predicted molar refractivity (Wildman–Crippen MR) is 56.4 cm³/mol. The highest BCUT2D eigenvalue weighted by atomic mass is 16.5. The molecule has 0 unspecified atom stereocenters. The Bertz CT molecular complexity index is 195. The van der Waals surface area contributed by atoms with Crippen LogP contribution in [0.1, 0.15) is 41.0 Å². The summed E-state index contributed by atoms with van der Waals surface area (Å²) in [4.78, 5) is 11.1. The summed E-state index contributed by atoms with van der Waals surface area (Å²) < 4.78 is 10.7. The van der Waals surface area contributed by atoms with Crippen molar-refractivity contribution in [2.24, 2.45) is 0 Å². The first-order valence-electron chi connectivity index (χ1n) is 4.91. The van der Waals surface area contributed by atoms with E-state index in [0.717, 1.165) is 6.42 Å². The van der Waals surface area contributed by atoms with Crippen LogP contribution in [0.25, 0.3) is 0 Å². The van der Waals surface area contributed by atoms with Crippen molar-refractivity contribution in [2.45, 2.75) is 52.2 Å².